The van der Waals surface area contributed by atoms with Crippen LogP contribution >= 0.6 is 0 Å². The van der Waals surface area contributed by atoms with Crippen LogP contribution in [0.5, 0.6) is 0 Å². The van der Waals surface area contributed by atoms with Crippen molar-refractivity contribution in [1.82, 2.24) is 0 Å². The van der Waals surface area contributed by atoms with Crippen molar-refractivity contribution in [2.45, 2.75) is 0 Å². The number of carbonyl (C=O) groups is 2. The van der Waals surface area contributed by atoms with E-state index in [2.05, 4.69) is 0 Å². The van der Waals surface area contributed by atoms with Crippen LogP contribution in [0.3, 0.4) is 0 Å². The molecule has 0 amide bonds. The second-order valence-corrected chi connectivity index (χ2v) is 2.19. The maximum Gasteiger partial charge on any atom is 0.335 e. The van der Waals surface area contributed by atoms with Crippen LogP contribution < -0.4 is 0 Å². The van der Waals surface area contributed by atoms with Crippen LogP contribution in [0.15, 0.2) is 24.3 Å². The predicted octanol–water partition coefficient (Wildman–Crippen LogP) is 1.29. The standard InChI is InChI=1S/C8H6O4.CH/c9-7(10)5-1-2-6(4-3-5)8(11)12;/h1-4H,(H,9,10)(H,11,12);1H. The molecule has 1 aromatic rings. The molecule has 0 fully saturated rings. The molecular weight excluding hydrogens is 172 g/mol. The SMILES string of the molecule is O=C(O)c1ccc(C(=O)O)cc1.[CH]. The smallest absolute Gasteiger partial charge is 0.335 e. The molecule has 13 heavy (non-hydrogen) atoms. The molecule has 1 rings (SSSR count). The molecule has 0 saturated heterocycles. The lowest BCUT2D eigenvalue weighted by molar-refractivity contribution is 0.0681. The summed E-state index contributed by atoms with van der Waals surface area (Å²) in [4.78, 5) is 20.7. The quantitative estimate of drug-likeness (QED) is 0.717. The molecular formula is C9H7O4. The van der Waals surface area contributed by atoms with Gasteiger partial charge in [0.05, 0.1) is 11.1 Å². The third-order valence-corrected chi connectivity index (χ3v) is 1.38. The first-order valence-electron chi connectivity index (χ1n) is 3.18. The van der Waals surface area contributed by atoms with Crippen molar-refractivity contribution in [2.24, 2.45) is 0 Å². The van der Waals surface area contributed by atoms with E-state index in [0.717, 1.165) is 0 Å². The van der Waals surface area contributed by atoms with Gasteiger partial charge in [0.2, 0.25) is 0 Å². The zero-order chi connectivity index (χ0) is 9.14. The van der Waals surface area contributed by atoms with Crippen molar-refractivity contribution in [3.63, 3.8) is 0 Å². The van der Waals surface area contributed by atoms with E-state index < -0.39 is 11.9 Å². The number of benzene rings is 1. The topological polar surface area (TPSA) is 74.6 Å². The lowest BCUT2D eigenvalue weighted by Gasteiger charge is -1.94. The Balaban J connectivity index is 0.00000144. The van der Waals surface area contributed by atoms with Gasteiger partial charge in [-0.15, -0.1) is 0 Å². The van der Waals surface area contributed by atoms with Crippen LogP contribution in [0.25, 0.3) is 0 Å². The van der Waals surface area contributed by atoms with Crippen molar-refractivity contribution in [3.8, 4) is 0 Å². The number of hydrogen-bond donors (Lipinski definition) is 2. The van der Waals surface area contributed by atoms with Gasteiger partial charge >= 0.3 is 11.9 Å². The molecule has 0 heterocycles. The molecule has 0 aliphatic rings. The van der Waals surface area contributed by atoms with Crippen LogP contribution in [-0.2, 0) is 0 Å². The van der Waals surface area contributed by atoms with Gasteiger partial charge in [-0.05, 0) is 31.7 Å². The van der Waals surface area contributed by atoms with E-state index in [9.17, 15) is 9.59 Å². The minimum atomic E-state index is -1.06. The summed E-state index contributed by atoms with van der Waals surface area (Å²) in [7, 11) is 0. The Labute approximate surface area is 75.4 Å². The highest BCUT2D eigenvalue weighted by Gasteiger charge is 2.04. The maximum atomic E-state index is 10.3. The summed E-state index contributed by atoms with van der Waals surface area (Å²) in [6, 6.07) is 5.02. The van der Waals surface area contributed by atoms with Crippen LogP contribution in [0.2, 0.25) is 0 Å². The lowest BCUT2D eigenvalue weighted by atomic mass is 10.1. The Morgan fingerprint density at radius 3 is 1.23 bits per heavy atom. The Hall–Kier alpha value is -1.84. The number of aromatic carboxylic acids is 2. The Kier molecular flexibility index (Phi) is 3.65. The van der Waals surface area contributed by atoms with Gasteiger partial charge in [-0.2, -0.15) is 0 Å². The summed E-state index contributed by atoms with van der Waals surface area (Å²) in [5, 5.41) is 16.9. The minimum absolute atomic E-state index is 0. The Bertz CT molecular complexity index is 280. The lowest BCUT2D eigenvalue weighted by Crippen LogP contribution is -1.99. The van der Waals surface area contributed by atoms with Gasteiger partial charge in [-0.25, -0.2) is 9.59 Å². The molecule has 0 aliphatic heterocycles. The molecule has 0 unspecified atom stereocenters. The number of carboxylic acids is 2. The summed E-state index contributed by atoms with van der Waals surface area (Å²) < 4.78 is 0. The molecule has 0 bridgehead atoms. The zero-order valence-electron chi connectivity index (χ0n) is 6.60. The fraction of sp³-hybridized carbons (Fsp3) is 0. The predicted molar refractivity (Wildman–Crippen MR) is 44.7 cm³/mol. The number of hydrogen-bond acceptors (Lipinski definition) is 2. The molecule has 0 aromatic heterocycles. The summed E-state index contributed by atoms with van der Waals surface area (Å²) >= 11 is 0. The fourth-order valence-electron chi connectivity index (χ4n) is 0.755. The third kappa shape index (κ3) is 2.59. The first kappa shape index (κ1) is 11.2. The average Bonchev–Trinajstić information content (AvgIpc) is 2.04. The fourth-order valence-corrected chi connectivity index (χ4v) is 0.755. The van der Waals surface area contributed by atoms with Gasteiger partial charge in [0.15, 0.2) is 0 Å². The normalized spacial score (nSPS) is 8.62. The number of rotatable bonds is 2. The molecule has 0 saturated carbocycles. The monoisotopic (exact) mass is 179 g/mol. The van der Waals surface area contributed by atoms with Crippen molar-refractivity contribution in [1.29, 1.82) is 0 Å². The van der Waals surface area contributed by atoms with E-state index in [4.69, 9.17) is 10.2 Å². The van der Waals surface area contributed by atoms with Crippen LogP contribution in [0, 0.1) is 7.43 Å². The molecule has 0 atom stereocenters. The zero-order valence-corrected chi connectivity index (χ0v) is 6.60. The van der Waals surface area contributed by atoms with Gasteiger partial charge in [-0.1, -0.05) is 0 Å². The summed E-state index contributed by atoms with van der Waals surface area (Å²) in [6.07, 6.45) is 0. The maximum absolute atomic E-state index is 10.3. The highest BCUT2D eigenvalue weighted by atomic mass is 16.4. The van der Waals surface area contributed by atoms with Gasteiger partial charge in [0, 0.05) is 0 Å². The van der Waals surface area contributed by atoms with E-state index >= 15 is 0 Å². The second kappa shape index (κ2) is 4.25. The van der Waals surface area contributed by atoms with Gasteiger partial charge in [0.25, 0.3) is 0 Å². The van der Waals surface area contributed by atoms with Gasteiger partial charge in [-0.3, -0.25) is 0 Å². The van der Waals surface area contributed by atoms with Crippen molar-refractivity contribution < 1.29 is 19.8 Å². The third-order valence-electron chi connectivity index (χ3n) is 1.38. The van der Waals surface area contributed by atoms with Gasteiger partial charge in [0.1, 0.15) is 0 Å². The van der Waals surface area contributed by atoms with Crippen molar-refractivity contribution in [3.05, 3.63) is 42.8 Å². The second-order valence-electron chi connectivity index (χ2n) is 2.19. The summed E-state index contributed by atoms with van der Waals surface area (Å²) in [6.45, 7) is 0. The molecule has 4 nitrogen and oxygen atoms in total. The first-order valence-corrected chi connectivity index (χ1v) is 3.18. The van der Waals surface area contributed by atoms with E-state index in [1.54, 1.807) is 0 Å². The molecule has 2 N–H and O–H groups in total. The Morgan fingerprint density at radius 1 is 0.846 bits per heavy atom. The van der Waals surface area contributed by atoms with Crippen LogP contribution in [0.1, 0.15) is 20.7 Å². The molecule has 0 spiro atoms. The Morgan fingerprint density at radius 2 is 1.08 bits per heavy atom. The molecule has 4 heteroatoms. The summed E-state index contributed by atoms with van der Waals surface area (Å²) in [5.74, 6) is -2.13. The molecule has 0 aliphatic carbocycles. The highest BCUT2D eigenvalue weighted by molar-refractivity contribution is 5.91. The van der Waals surface area contributed by atoms with Gasteiger partial charge < -0.3 is 10.2 Å². The molecule has 3 radical (unpaired) electrons. The van der Waals surface area contributed by atoms with Crippen LogP contribution in [-0.4, -0.2) is 22.2 Å². The van der Waals surface area contributed by atoms with E-state index in [-0.39, 0.29) is 18.6 Å². The number of carboxylic acid groups (broad SMARTS) is 2. The highest BCUT2D eigenvalue weighted by Crippen LogP contribution is 2.03. The molecule has 1 aromatic carbocycles. The van der Waals surface area contributed by atoms with Crippen molar-refractivity contribution >= 4 is 11.9 Å². The largest absolute Gasteiger partial charge is 0.478 e. The molecule has 67 valence electrons. The van der Waals surface area contributed by atoms with E-state index in [1.807, 2.05) is 0 Å². The summed E-state index contributed by atoms with van der Waals surface area (Å²) in [5.41, 5.74) is 0.167. The first-order chi connectivity index (χ1) is 5.61. The minimum Gasteiger partial charge on any atom is -0.478 e. The average molecular weight is 179 g/mol. The van der Waals surface area contributed by atoms with E-state index in [1.165, 1.54) is 24.3 Å². The van der Waals surface area contributed by atoms with Crippen LogP contribution in [0.4, 0.5) is 0 Å². The van der Waals surface area contributed by atoms with Crippen molar-refractivity contribution in [2.75, 3.05) is 0 Å². The van der Waals surface area contributed by atoms with E-state index in [0.29, 0.717) is 0 Å².